The van der Waals surface area contributed by atoms with Gasteiger partial charge in [0.1, 0.15) is 0 Å². The average Bonchev–Trinajstić information content (AvgIpc) is 2.48. The van der Waals surface area contributed by atoms with E-state index < -0.39 is 0 Å². The quantitative estimate of drug-likeness (QED) is 0.855. The van der Waals surface area contributed by atoms with Crippen LogP contribution in [-0.2, 0) is 11.3 Å². The molecule has 1 amide bonds. The highest BCUT2D eigenvalue weighted by molar-refractivity contribution is 5.94. The molecule has 1 atom stereocenters. The van der Waals surface area contributed by atoms with E-state index in [-0.39, 0.29) is 24.4 Å². The SMILES string of the molecule is CC(C)Cn1ccnc1NC(=O)[C@H]1CCN1.Cl. The lowest BCUT2D eigenvalue weighted by Crippen LogP contribution is -2.51. The third-order valence-electron chi connectivity index (χ3n) is 2.65. The maximum atomic E-state index is 11.7. The lowest BCUT2D eigenvalue weighted by Gasteiger charge is -2.26. The van der Waals surface area contributed by atoms with E-state index in [9.17, 15) is 4.79 Å². The Bertz CT molecular complexity index is 373. The molecule has 0 radical (unpaired) electrons. The van der Waals surface area contributed by atoms with Crippen LogP contribution in [-0.4, -0.2) is 28.0 Å². The number of carbonyl (C=O) groups is 1. The van der Waals surface area contributed by atoms with Crippen LogP contribution in [0.2, 0.25) is 0 Å². The molecule has 1 aliphatic heterocycles. The van der Waals surface area contributed by atoms with Gasteiger partial charge in [0.05, 0.1) is 6.04 Å². The summed E-state index contributed by atoms with van der Waals surface area (Å²) in [5.41, 5.74) is 0. The number of anilines is 1. The Hall–Kier alpha value is -1.07. The average molecular weight is 259 g/mol. The van der Waals surface area contributed by atoms with Gasteiger partial charge < -0.3 is 9.88 Å². The van der Waals surface area contributed by atoms with Gasteiger partial charge in [0.15, 0.2) is 0 Å². The van der Waals surface area contributed by atoms with Gasteiger partial charge >= 0.3 is 0 Å². The van der Waals surface area contributed by atoms with Crippen LogP contribution < -0.4 is 10.6 Å². The highest BCUT2D eigenvalue weighted by Gasteiger charge is 2.25. The minimum absolute atomic E-state index is 0. The summed E-state index contributed by atoms with van der Waals surface area (Å²) in [6, 6.07) is -0.0378. The molecule has 96 valence electrons. The van der Waals surface area contributed by atoms with Gasteiger partial charge in [-0.25, -0.2) is 4.98 Å². The van der Waals surface area contributed by atoms with Crippen LogP contribution in [0.5, 0.6) is 0 Å². The van der Waals surface area contributed by atoms with Crippen molar-refractivity contribution in [2.75, 3.05) is 11.9 Å². The fraction of sp³-hybridized carbons (Fsp3) is 0.636. The number of aromatic nitrogens is 2. The largest absolute Gasteiger partial charge is 0.317 e. The summed E-state index contributed by atoms with van der Waals surface area (Å²) < 4.78 is 1.97. The zero-order chi connectivity index (χ0) is 11.5. The third-order valence-corrected chi connectivity index (χ3v) is 2.65. The van der Waals surface area contributed by atoms with E-state index in [1.807, 2.05) is 10.8 Å². The molecule has 2 rings (SSSR count). The fourth-order valence-electron chi connectivity index (χ4n) is 1.68. The predicted octanol–water partition coefficient (Wildman–Crippen LogP) is 1.26. The van der Waals surface area contributed by atoms with Crippen molar-refractivity contribution < 1.29 is 4.79 Å². The first kappa shape index (κ1) is 14.0. The second-order valence-electron chi connectivity index (χ2n) is 4.58. The lowest BCUT2D eigenvalue weighted by molar-refractivity contribution is -0.119. The molecule has 0 aromatic carbocycles. The number of rotatable bonds is 4. The third kappa shape index (κ3) is 3.44. The number of nitrogens with one attached hydrogen (secondary N) is 2. The Morgan fingerprint density at radius 1 is 1.71 bits per heavy atom. The zero-order valence-electron chi connectivity index (χ0n) is 10.1. The van der Waals surface area contributed by atoms with Gasteiger partial charge in [0.2, 0.25) is 11.9 Å². The molecular weight excluding hydrogens is 240 g/mol. The zero-order valence-corrected chi connectivity index (χ0v) is 11.0. The monoisotopic (exact) mass is 258 g/mol. The molecule has 0 spiro atoms. The molecule has 0 saturated carbocycles. The molecular formula is C11H19ClN4O. The Morgan fingerprint density at radius 3 is 2.94 bits per heavy atom. The van der Waals surface area contributed by atoms with Crippen molar-refractivity contribution in [2.45, 2.75) is 32.9 Å². The summed E-state index contributed by atoms with van der Waals surface area (Å²) in [6.45, 7) is 6.07. The standard InChI is InChI=1S/C11H18N4O.ClH/c1-8(2)7-15-6-5-13-11(15)14-10(16)9-3-4-12-9;/h5-6,8-9,12H,3-4,7H2,1-2H3,(H,13,14,16);1H/t9-;/m1./s1. The Kier molecular flexibility index (Phi) is 4.96. The first-order valence-electron chi connectivity index (χ1n) is 5.72. The van der Waals surface area contributed by atoms with Gasteiger partial charge in [-0.15, -0.1) is 12.4 Å². The first-order chi connectivity index (χ1) is 7.66. The number of nitrogens with zero attached hydrogens (tertiary/aromatic N) is 2. The van der Waals surface area contributed by atoms with Gasteiger partial charge in [-0.05, 0) is 18.9 Å². The number of amides is 1. The number of carbonyl (C=O) groups excluding carboxylic acids is 1. The highest BCUT2D eigenvalue weighted by Crippen LogP contribution is 2.10. The highest BCUT2D eigenvalue weighted by atomic mass is 35.5. The molecule has 0 bridgehead atoms. The molecule has 2 heterocycles. The van der Waals surface area contributed by atoms with Crippen molar-refractivity contribution in [3.8, 4) is 0 Å². The summed E-state index contributed by atoms with van der Waals surface area (Å²) >= 11 is 0. The maximum absolute atomic E-state index is 11.7. The number of hydrogen-bond acceptors (Lipinski definition) is 3. The Morgan fingerprint density at radius 2 is 2.41 bits per heavy atom. The van der Waals surface area contributed by atoms with Crippen LogP contribution in [0.25, 0.3) is 0 Å². The fourth-order valence-corrected chi connectivity index (χ4v) is 1.68. The first-order valence-corrected chi connectivity index (χ1v) is 5.72. The predicted molar refractivity (Wildman–Crippen MR) is 69.4 cm³/mol. The van der Waals surface area contributed by atoms with Crippen molar-refractivity contribution in [3.05, 3.63) is 12.4 Å². The molecule has 6 heteroatoms. The topological polar surface area (TPSA) is 59.0 Å². The minimum Gasteiger partial charge on any atom is -0.317 e. The molecule has 1 aromatic heterocycles. The smallest absolute Gasteiger partial charge is 0.243 e. The lowest BCUT2D eigenvalue weighted by atomic mass is 10.1. The van der Waals surface area contributed by atoms with E-state index in [4.69, 9.17) is 0 Å². The molecule has 0 unspecified atom stereocenters. The summed E-state index contributed by atoms with van der Waals surface area (Å²) in [5.74, 6) is 1.20. The summed E-state index contributed by atoms with van der Waals surface area (Å²) in [4.78, 5) is 15.9. The normalized spacial score (nSPS) is 18.4. The Balaban J connectivity index is 0.00000144. The number of hydrogen-bond donors (Lipinski definition) is 2. The van der Waals surface area contributed by atoms with E-state index in [2.05, 4.69) is 29.5 Å². The number of halogens is 1. The molecule has 0 aliphatic carbocycles. The molecule has 1 fully saturated rings. The van der Waals surface area contributed by atoms with E-state index in [1.54, 1.807) is 6.20 Å². The van der Waals surface area contributed by atoms with Crippen LogP contribution in [0, 0.1) is 5.92 Å². The second kappa shape index (κ2) is 6.02. The second-order valence-corrected chi connectivity index (χ2v) is 4.58. The molecule has 1 aliphatic rings. The molecule has 1 saturated heterocycles. The van der Waals surface area contributed by atoms with Crippen molar-refractivity contribution in [1.82, 2.24) is 14.9 Å². The van der Waals surface area contributed by atoms with Crippen LogP contribution in [0.4, 0.5) is 5.95 Å². The van der Waals surface area contributed by atoms with Gasteiger partial charge in [0.25, 0.3) is 0 Å². The van der Waals surface area contributed by atoms with Crippen LogP contribution in [0.1, 0.15) is 20.3 Å². The summed E-state index contributed by atoms with van der Waals surface area (Å²) in [6.07, 6.45) is 4.52. The van der Waals surface area contributed by atoms with Crippen molar-refractivity contribution in [3.63, 3.8) is 0 Å². The molecule has 5 nitrogen and oxygen atoms in total. The molecule has 2 N–H and O–H groups in total. The maximum Gasteiger partial charge on any atom is 0.243 e. The van der Waals surface area contributed by atoms with Crippen LogP contribution in [0.15, 0.2) is 12.4 Å². The van der Waals surface area contributed by atoms with Crippen molar-refractivity contribution in [2.24, 2.45) is 5.92 Å². The Labute approximate surface area is 107 Å². The van der Waals surface area contributed by atoms with E-state index in [0.29, 0.717) is 11.9 Å². The number of imidazole rings is 1. The summed E-state index contributed by atoms with van der Waals surface area (Å²) in [7, 11) is 0. The van der Waals surface area contributed by atoms with E-state index in [1.165, 1.54) is 0 Å². The van der Waals surface area contributed by atoms with Gasteiger partial charge in [-0.2, -0.15) is 0 Å². The van der Waals surface area contributed by atoms with E-state index in [0.717, 1.165) is 19.5 Å². The minimum atomic E-state index is -0.0378. The summed E-state index contributed by atoms with van der Waals surface area (Å²) in [5, 5.41) is 5.92. The van der Waals surface area contributed by atoms with Crippen molar-refractivity contribution >= 4 is 24.3 Å². The molecule has 1 aromatic rings. The van der Waals surface area contributed by atoms with Crippen molar-refractivity contribution in [1.29, 1.82) is 0 Å². The van der Waals surface area contributed by atoms with E-state index >= 15 is 0 Å². The van der Waals surface area contributed by atoms with Crippen LogP contribution >= 0.6 is 12.4 Å². The van der Waals surface area contributed by atoms with Gasteiger partial charge in [-0.3, -0.25) is 10.1 Å². The van der Waals surface area contributed by atoms with Gasteiger partial charge in [-0.1, -0.05) is 13.8 Å². The van der Waals surface area contributed by atoms with Gasteiger partial charge in [0, 0.05) is 18.9 Å². The van der Waals surface area contributed by atoms with Crippen LogP contribution in [0.3, 0.4) is 0 Å². The molecule has 17 heavy (non-hydrogen) atoms.